The van der Waals surface area contributed by atoms with Crippen molar-refractivity contribution < 1.29 is 9.13 Å². The van der Waals surface area contributed by atoms with Gasteiger partial charge in [0.1, 0.15) is 17.4 Å². The molecule has 1 aliphatic rings. The third-order valence-corrected chi connectivity index (χ3v) is 4.33. The predicted octanol–water partition coefficient (Wildman–Crippen LogP) is 3.36. The van der Waals surface area contributed by atoms with Gasteiger partial charge in [-0.1, -0.05) is 0 Å². The SMILES string of the molecule is COc1ccc(-c2cc(Nc3ccnc(N4CCCC4)n3)n[nH]2)c(F)c1. The third-order valence-electron chi connectivity index (χ3n) is 4.33. The smallest absolute Gasteiger partial charge is 0.227 e. The van der Waals surface area contributed by atoms with Crippen LogP contribution in [0.1, 0.15) is 12.8 Å². The van der Waals surface area contributed by atoms with Crippen LogP contribution >= 0.6 is 0 Å². The Kier molecular flexibility index (Phi) is 4.39. The zero-order valence-corrected chi connectivity index (χ0v) is 14.4. The number of aromatic nitrogens is 4. The first kappa shape index (κ1) is 16.3. The van der Waals surface area contributed by atoms with Crippen molar-refractivity contribution in [2.24, 2.45) is 0 Å². The molecule has 1 aliphatic heterocycles. The lowest BCUT2D eigenvalue weighted by atomic mass is 10.1. The number of aromatic amines is 1. The molecule has 4 rings (SSSR count). The van der Waals surface area contributed by atoms with Crippen molar-refractivity contribution >= 4 is 17.6 Å². The normalized spacial score (nSPS) is 13.8. The Bertz CT molecular complexity index is 906. The molecule has 0 aliphatic carbocycles. The summed E-state index contributed by atoms with van der Waals surface area (Å²) in [7, 11) is 1.50. The highest BCUT2D eigenvalue weighted by molar-refractivity contribution is 5.66. The Hall–Kier alpha value is -3.16. The van der Waals surface area contributed by atoms with Crippen molar-refractivity contribution in [2.45, 2.75) is 12.8 Å². The first-order valence-electron chi connectivity index (χ1n) is 8.47. The summed E-state index contributed by atoms with van der Waals surface area (Å²) in [6.45, 7) is 1.96. The van der Waals surface area contributed by atoms with E-state index in [0.717, 1.165) is 25.9 Å². The lowest BCUT2D eigenvalue weighted by Crippen LogP contribution is -2.20. The standard InChI is InChI=1S/C18H19FN6O/c1-26-12-4-5-13(14(19)10-12)15-11-17(24-23-15)21-16-6-7-20-18(22-16)25-8-2-3-9-25/h4-7,10-11H,2-3,8-9H2,1H3,(H2,20,21,22,23,24). The average Bonchev–Trinajstić information content (AvgIpc) is 3.34. The highest BCUT2D eigenvalue weighted by Crippen LogP contribution is 2.27. The number of methoxy groups -OCH3 is 1. The summed E-state index contributed by atoms with van der Waals surface area (Å²) in [5.41, 5.74) is 0.994. The van der Waals surface area contributed by atoms with Crippen molar-refractivity contribution in [2.75, 3.05) is 30.4 Å². The minimum atomic E-state index is -0.377. The first-order valence-corrected chi connectivity index (χ1v) is 8.47. The topological polar surface area (TPSA) is 79.0 Å². The molecule has 1 saturated heterocycles. The third kappa shape index (κ3) is 3.30. The molecule has 0 saturated carbocycles. The quantitative estimate of drug-likeness (QED) is 0.731. The number of hydrogen-bond acceptors (Lipinski definition) is 6. The van der Waals surface area contributed by atoms with Crippen molar-refractivity contribution in [1.29, 1.82) is 0 Å². The fraction of sp³-hybridized carbons (Fsp3) is 0.278. The molecular formula is C18H19FN6O. The highest BCUT2D eigenvalue weighted by Gasteiger charge is 2.15. The minimum absolute atomic E-state index is 0.377. The number of benzene rings is 1. The van der Waals surface area contributed by atoms with Gasteiger partial charge >= 0.3 is 0 Å². The van der Waals surface area contributed by atoms with E-state index in [0.29, 0.717) is 34.6 Å². The summed E-state index contributed by atoms with van der Waals surface area (Å²) in [5, 5.41) is 10.2. The monoisotopic (exact) mass is 354 g/mol. The van der Waals surface area contributed by atoms with Gasteiger partial charge < -0.3 is 15.0 Å². The van der Waals surface area contributed by atoms with Crippen LogP contribution in [0.4, 0.5) is 22.0 Å². The molecule has 26 heavy (non-hydrogen) atoms. The van der Waals surface area contributed by atoms with Crippen LogP contribution < -0.4 is 15.0 Å². The average molecular weight is 354 g/mol. The van der Waals surface area contributed by atoms with Crippen LogP contribution in [0.25, 0.3) is 11.3 Å². The number of anilines is 3. The van der Waals surface area contributed by atoms with Crippen LogP contribution in [0, 0.1) is 5.82 Å². The molecule has 2 aromatic heterocycles. The summed E-state index contributed by atoms with van der Waals surface area (Å²) < 4.78 is 19.2. The Morgan fingerprint density at radius 1 is 1.15 bits per heavy atom. The van der Waals surface area contributed by atoms with E-state index in [1.54, 1.807) is 30.5 Å². The zero-order chi connectivity index (χ0) is 17.9. The molecule has 0 spiro atoms. The maximum Gasteiger partial charge on any atom is 0.227 e. The van der Waals surface area contributed by atoms with Crippen LogP contribution in [0.5, 0.6) is 5.75 Å². The number of rotatable bonds is 5. The van der Waals surface area contributed by atoms with Crippen LogP contribution in [0.15, 0.2) is 36.5 Å². The summed E-state index contributed by atoms with van der Waals surface area (Å²) in [6, 6.07) is 8.22. The Labute approximate surface area is 150 Å². The van der Waals surface area contributed by atoms with Gasteiger partial charge in [-0.3, -0.25) is 5.10 Å². The van der Waals surface area contributed by atoms with Crippen molar-refractivity contribution in [3.05, 3.63) is 42.3 Å². The van der Waals surface area contributed by atoms with E-state index in [2.05, 4.69) is 30.4 Å². The Morgan fingerprint density at radius 3 is 2.77 bits per heavy atom. The van der Waals surface area contributed by atoms with Crippen LogP contribution in [-0.2, 0) is 0 Å². The van der Waals surface area contributed by atoms with E-state index in [1.165, 1.54) is 13.2 Å². The molecule has 3 aromatic rings. The van der Waals surface area contributed by atoms with Gasteiger partial charge in [-0.2, -0.15) is 10.1 Å². The molecule has 8 heteroatoms. The lowest BCUT2D eigenvalue weighted by Gasteiger charge is -2.15. The molecule has 1 aromatic carbocycles. The minimum Gasteiger partial charge on any atom is -0.497 e. The maximum atomic E-state index is 14.2. The number of halogens is 1. The van der Waals surface area contributed by atoms with Crippen molar-refractivity contribution in [1.82, 2.24) is 20.2 Å². The highest BCUT2D eigenvalue weighted by atomic mass is 19.1. The van der Waals surface area contributed by atoms with Crippen LogP contribution in [0.2, 0.25) is 0 Å². The van der Waals surface area contributed by atoms with E-state index >= 15 is 0 Å². The summed E-state index contributed by atoms with van der Waals surface area (Å²) >= 11 is 0. The number of hydrogen-bond donors (Lipinski definition) is 2. The first-order chi connectivity index (χ1) is 12.7. The van der Waals surface area contributed by atoms with E-state index in [1.807, 2.05) is 0 Å². The van der Waals surface area contributed by atoms with Gasteiger partial charge in [-0.25, -0.2) is 9.37 Å². The summed E-state index contributed by atoms with van der Waals surface area (Å²) in [4.78, 5) is 11.0. The van der Waals surface area contributed by atoms with Gasteiger partial charge in [-0.05, 0) is 31.0 Å². The van der Waals surface area contributed by atoms with Gasteiger partial charge in [0.05, 0.1) is 12.8 Å². The van der Waals surface area contributed by atoms with E-state index in [-0.39, 0.29) is 5.82 Å². The molecule has 0 atom stereocenters. The Morgan fingerprint density at radius 2 is 2.00 bits per heavy atom. The maximum absolute atomic E-state index is 14.2. The van der Waals surface area contributed by atoms with E-state index < -0.39 is 0 Å². The van der Waals surface area contributed by atoms with Crippen molar-refractivity contribution in [3.63, 3.8) is 0 Å². The van der Waals surface area contributed by atoms with Gasteiger partial charge in [0.2, 0.25) is 5.95 Å². The predicted molar refractivity (Wildman–Crippen MR) is 97.3 cm³/mol. The molecule has 0 radical (unpaired) electrons. The molecule has 134 valence electrons. The van der Waals surface area contributed by atoms with Gasteiger partial charge in [0, 0.05) is 37.0 Å². The van der Waals surface area contributed by atoms with Gasteiger partial charge in [0.25, 0.3) is 0 Å². The number of ether oxygens (including phenoxy) is 1. The van der Waals surface area contributed by atoms with Crippen molar-refractivity contribution in [3.8, 4) is 17.0 Å². The van der Waals surface area contributed by atoms with E-state index in [9.17, 15) is 4.39 Å². The number of H-pyrrole nitrogens is 1. The number of nitrogens with zero attached hydrogens (tertiary/aromatic N) is 4. The van der Waals surface area contributed by atoms with Crippen LogP contribution in [-0.4, -0.2) is 40.4 Å². The summed E-state index contributed by atoms with van der Waals surface area (Å²) in [6.07, 6.45) is 4.05. The zero-order valence-electron chi connectivity index (χ0n) is 14.4. The second kappa shape index (κ2) is 6.99. The molecule has 1 fully saturated rings. The van der Waals surface area contributed by atoms with Gasteiger partial charge in [-0.15, -0.1) is 0 Å². The second-order valence-corrected chi connectivity index (χ2v) is 6.07. The Balaban J connectivity index is 1.53. The molecule has 0 bridgehead atoms. The number of nitrogens with one attached hydrogen (secondary N) is 2. The largest absolute Gasteiger partial charge is 0.497 e. The molecule has 2 N–H and O–H groups in total. The second-order valence-electron chi connectivity index (χ2n) is 6.07. The molecule has 7 nitrogen and oxygen atoms in total. The molecular weight excluding hydrogens is 335 g/mol. The van der Waals surface area contributed by atoms with E-state index in [4.69, 9.17) is 4.74 Å². The molecule has 0 unspecified atom stereocenters. The fourth-order valence-electron chi connectivity index (χ4n) is 2.98. The fourth-order valence-corrected chi connectivity index (χ4v) is 2.98. The molecule has 0 amide bonds. The lowest BCUT2D eigenvalue weighted by molar-refractivity contribution is 0.411. The summed E-state index contributed by atoms with van der Waals surface area (Å²) in [5.74, 6) is 2.01. The van der Waals surface area contributed by atoms with Gasteiger partial charge in [0.15, 0.2) is 5.82 Å². The van der Waals surface area contributed by atoms with Crippen LogP contribution in [0.3, 0.4) is 0 Å². The molecule has 3 heterocycles.